The molecule has 6 nitrogen and oxygen atoms in total. The third-order valence-corrected chi connectivity index (χ3v) is 5.37. The van der Waals surface area contributed by atoms with Gasteiger partial charge in [-0.1, -0.05) is 17.7 Å². The number of hydrogen-bond acceptors (Lipinski definition) is 4. The van der Waals surface area contributed by atoms with E-state index in [4.69, 9.17) is 21.1 Å². The number of fused-ring (bicyclic) bond motifs is 2. The van der Waals surface area contributed by atoms with Crippen LogP contribution in [0.15, 0.2) is 42.6 Å². The molecule has 0 bridgehead atoms. The molecule has 0 aliphatic carbocycles. The van der Waals surface area contributed by atoms with E-state index in [-0.39, 0.29) is 5.91 Å². The van der Waals surface area contributed by atoms with Crippen molar-refractivity contribution in [3.8, 4) is 11.5 Å². The largest absolute Gasteiger partial charge is 0.490 e. The zero-order valence-electron chi connectivity index (χ0n) is 17.1. The summed E-state index contributed by atoms with van der Waals surface area (Å²) in [5, 5.41) is 0.374. The number of benzene rings is 1. The number of carbonyl (C=O) groups excluding carboxylic acids is 1. The van der Waals surface area contributed by atoms with Crippen molar-refractivity contribution >= 4 is 29.2 Å². The zero-order valence-corrected chi connectivity index (χ0v) is 17.9. The molecule has 2 aromatic heterocycles. The van der Waals surface area contributed by atoms with E-state index in [1.54, 1.807) is 12.2 Å². The molecule has 1 aromatic carbocycles. The lowest BCUT2D eigenvalue weighted by Gasteiger charge is -2.29. The fourth-order valence-corrected chi connectivity index (χ4v) is 3.92. The zero-order chi connectivity index (χ0) is 21.1. The van der Waals surface area contributed by atoms with Crippen LogP contribution in [0.1, 0.15) is 30.7 Å². The average molecular weight is 426 g/mol. The molecule has 30 heavy (non-hydrogen) atoms. The molecule has 0 fully saturated rings. The number of amides is 1. The summed E-state index contributed by atoms with van der Waals surface area (Å²) >= 11 is 6.26. The molecule has 0 unspecified atom stereocenters. The Labute approximate surface area is 180 Å². The Morgan fingerprint density at radius 2 is 1.90 bits per heavy atom. The number of pyridine rings is 1. The van der Waals surface area contributed by atoms with Crippen molar-refractivity contribution < 1.29 is 14.3 Å². The maximum atomic E-state index is 12.8. The first kappa shape index (κ1) is 20.3. The Bertz CT molecular complexity index is 1110. The summed E-state index contributed by atoms with van der Waals surface area (Å²) < 4.78 is 13.3. The van der Waals surface area contributed by atoms with Gasteiger partial charge in [0, 0.05) is 25.4 Å². The Balaban J connectivity index is 1.54. The summed E-state index contributed by atoms with van der Waals surface area (Å²) in [7, 11) is 0. The normalized spacial score (nSPS) is 13.6. The van der Waals surface area contributed by atoms with Crippen LogP contribution in [0, 0.1) is 0 Å². The second-order valence-corrected chi connectivity index (χ2v) is 7.35. The number of hydrogen-bond donors (Lipinski definition) is 0. The van der Waals surface area contributed by atoms with E-state index in [9.17, 15) is 4.79 Å². The second kappa shape index (κ2) is 8.79. The number of nitrogens with zero attached hydrogens (tertiary/aromatic N) is 3. The predicted molar refractivity (Wildman–Crippen MR) is 117 cm³/mol. The molecular formula is C23H24ClN3O3. The lowest BCUT2D eigenvalue weighted by Crippen LogP contribution is -2.34. The molecule has 4 rings (SSSR count). The summed E-state index contributed by atoms with van der Waals surface area (Å²) in [6.45, 7) is 6.23. The highest BCUT2D eigenvalue weighted by Crippen LogP contribution is 2.34. The average Bonchev–Trinajstić information content (AvgIpc) is 3.07. The third-order valence-electron chi connectivity index (χ3n) is 5.10. The van der Waals surface area contributed by atoms with Crippen molar-refractivity contribution in [3.63, 3.8) is 0 Å². The quantitative estimate of drug-likeness (QED) is 0.550. The number of ether oxygens (including phenoxy) is 2. The highest BCUT2D eigenvalue weighted by atomic mass is 35.5. The summed E-state index contributed by atoms with van der Waals surface area (Å²) in [6, 6.07) is 9.71. The SMILES string of the molecule is CCOc1cc2c(cc1OCC)CN(C(=O)/C=C/c1c(Cl)nc3ccccn13)CC2. The van der Waals surface area contributed by atoms with Crippen molar-refractivity contribution in [3.05, 3.63) is 64.6 Å². The number of imidazole rings is 1. The predicted octanol–water partition coefficient (Wildman–Crippen LogP) is 4.38. The lowest BCUT2D eigenvalue weighted by atomic mass is 9.98. The van der Waals surface area contributed by atoms with Crippen LogP contribution < -0.4 is 9.47 Å². The molecule has 7 heteroatoms. The standard InChI is InChI=1S/C23H24ClN3O3/c1-3-29-19-13-16-10-12-26(15-17(16)14-20(19)30-4-2)22(28)9-8-18-23(24)25-21-7-5-6-11-27(18)21/h5-9,11,13-14H,3-4,10,12,15H2,1-2H3/b9-8+. The molecule has 0 radical (unpaired) electrons. The summed E-state index contributed by atoms with van der Waals surface area (Å²) in [5.74, 6) is 1.43. The molecule has 1 aliphatic heterocycles. The van der Waals surface area contributed by atoms with Crippen molar-refractivity contribution in [1.29, 1.82) is 0 Å². The van der Waals surface area contributed by atoms with Crippen LogP contribution in [0.5, 0.6) is 11.5 Å². The topological polar surface area (TPSA) is 56.1 Å². The molecule has 3 heterocycles. The van der Waals surface area contributed by atoms with Crippen molar-refractivity contribution in [2.45, 2.75) is 26.8 Å². The number of aromatic nitrogens is 2. The summed E-state index contributed by atoms with van der Waals surface area (Å²) in [4.78, 5) is 19.0. The molecule has 0 N–H and O–H groups in total. The van der Waals surface area contributed by atoms with Gasteiger partial charge in [0.05, 0.1) is 18.9 Å². The van der Waals surface area contributed by atoms with Crippen LogP contribution in [0.4, 0.5) is 0 Å². The highest BCUT2D eigenvalue weighted by molar-refractivity contribution is 6.31. The Morgan fingerprint density at radius 1 is 1.17 bits per heavy atom. The fourth-order valence-electron chi connectivity index (χ4n) is 3.68. The first-order valence-corrected chi connectivity index (χ1v) is 10.5. The van der Waals surface area contributed by atoms with E-state index in [0.717, 1.165) is 29.1 Å². The van der Waals surface area contributed by atoms with Gasteiger partial charge in [0.25, 0.3) is 0 Å². The van der Waals surface area contributed by atoms with E-state index in [1.165, 1.54) is 5.56 Å². The van der Waals surface area contributed by atoms with Crippen LogP contribution in [-0.4, -0.2) is 40.0 Å². The number of carbonyl (C=O) groups is 1. The van der Waals surface area contributed by atoms with Crippen LogP contribution in [0.25, 0.3) is 11.7 Å². The maximum Gasteiger partial charge on any atom is 0.246 e. The minimum absolute atomic E-state index is 0.0607. The van der Waals surface area contributed by atoms with Crippen LogP contribution in [0.2, 0.25) is 5.15 Å². The molecule has 0 saturated carbocycles. The molecular weight excluding hydrogens is 402 g/mol. The molecule has 0 atom stereocenters. The van der Waals surface area contributed by atoms with Crippen molar-refractivity contribution in [2.75, 3.05) is 19.8 Å². The van der Waals surface area contributed by atoms with E-state index in [2.05, 4.69) is 4.98 Å². The Morgan fingerprint density at radius 3 is 2.63 bits per heavy atom. The third kappa shape index (κ3) is 4.00. The summed E-state index contributed by atoms with van der Waals surface area (Å²) in [5.41, 5.74) is 3.72. The molecule has 3 aromatic rings. The molecule has 0 spiro atoms. The number of rotatable bonds is 6. The molecule has 1 amide bonds. The Hall–Kier alpha value is -2.99. The lowest BCUT2D eigenvalue weighted by molar-refractivity contribution is -0.126. The maximum absolute atomic E-state index is 12.8. The smallest absolute Gasteiger partial charge is 0.246 e. The first-order valence-electron chi connectivity index (χ1n) is 10.1. The van der Waals surface area contributed by atoms with Crippen LogP contribution in [0.3, 0.4) is 0 Å². The Kier molecular flexibility index (Phi) is 5.95. The summed E-state index contributed by atoms with van der Waals surface area (Å²) in [6.07, 6.45) is 5.94. The molecule has 156 valence electrons. The van der Waals surface area contributed by atoms with Gasteiger partial charge in [-0.15, -0.1) is 0 Å². The van der Waals surface area contributed by atoms with Crippen molar-refractivity contribution in [2.24, 2.45) is 0 Å². The van der Waals surface area contributed by atoms with Crippen LogP contribution in [-0.2, 0) is 17.8 Å². The van der Waals surface area contributed by atoms with Crippen LogP contribution >= 0.6 is 11.6 Å². The highest BCUT2D eigenvalue weighted by Gasteiger charge is 2.22. The van der Waals surface area contributed by atoms with Gasteiger partial charge in [-0.2, -0.15) is 0 Å². The molecule has 0 saturated heterocycles. The second-order valence-electron chi connectivity index (χ2n) is 6.99. The number of halogens is 1. The van der Waals surface area contributed by atoms with Crippen molar-refractivity contribution in [1.82, 2.24) is 14.3 Å². The van der Waals surface area contributed by atoms with Gasteiger partial charge in [-0.05, 0) is 61.7 Å². The molecule has 1 aliphatic rings. The van der Waals surface area contributed by atoms with Gasteiger partial charge in [-0.25, -0.2) is 4.98 Å². The fraction of sp³-hybridized carbons (Fsp3) is 0.304. The van der Waals surface area contributed by atoms with Gasteiger partial charge in [-0.3, -0.25) is 9.20 Å². The van der Waals surface area contributed by atoms with E-state index < -0.39 is 0 Å². The first-order chi connectivity index (χ1) is 14.6. The van der Waals surface area contributed by atoms with Gasteiger partial charge >= 0.3 is 0 Å². The van der Waals surface area contributed by atoms with E-state index >= 15 is 0 Å². The van der Waals surface area contributed by atoms with Gasteiger partial charge in [0.2, 0.25) is 5.91 Å². The van der Waals surface area contributed by atoms with E-state index in [0.29, 0.717) is 37.2 Å². The monoisotopic (exact) mass is 425 g/mol. The van der Waals surface area contributed by atoms with E-state index in [1.807, 2.05) is 59.7 Å². The van der Waals surface area contributed by atoms with Gasteiger partial charge < -0.3 is 14.4 Å². The minimum atomic E-state index is -0.0607. The van der Waals surface area contributed by atoms with Gasteiger partial charge in [0.15, 0.2) is 16.7 Å². The van der Waals surface area contributed by atoms with Gasteiger partial charge in [0.1, 0.15) is 5.65 Å². The minimum Gasteiger partial charge on any atom is -0.490 e.